The van der Waals surface area contributed by atoms with Gasteiger partial charge in [0, 0.05) is 6.42 Å². The van der Waals surface area contributed by atoms with Crippen LogP contribution < -0.4 is 0 Å². The average molecular weight is 412 g/mol. The van der Waals surface area contributed by atoms with Crippen LogP contribution in [0.15, 0.2) is 34.5 Å². The zero-order valence-corrected chi connectivity index (χ0v) is 17.3. The Hall–Kier alpha value is -1.85. The van der Waals surface area contributed by atoms with E-state index in [1.54, 1.807) is 18.2 Å². The Morgan fingerprint density at radius 2 is 1.96 bits per heavy atom. The summed E-state index contributed by atoms with van der Waals surface area (Å²) >= 11 is 12.0. The highest BCUT2D eigenvalue weighted by molar-refractivity contribution is 6.42. The van der Waals surface area contributed by atoms with E-state index in [4.69, 9.17) is 27.9 Å². The predicted octanol–water partition coefficient (Wildman–Crippen LogP) is 5.47. The molecule has 0 saturated heterocycles. The molecule has 1 unspecified atom stereocenters. The molecule has 1 atom stereocenters. The van der Waals surface area contributed by atoms with Crippen molar-refractivity contribution >= 4 is 46.4 Å². The first kappa shape index (κ1) is 21.5. The minimum absolute atomic E-state index is 0.0950. The second kappa shape index (κ2) is 8.44. The molecule has 2 rings (SSSR count). The Morgan fingerprint density at radius 1 is 1.30 bits per heavy atom. The Balaban J connectivity index is 2.65. The first-order chi connectivity index (χ1) is 12.6. The molecule has 0 aliphatic heterocycles. The first-order valence-corrected chi connectivity index (χ1v) is 9.45. The molecule has 0 saturated carbocycles. The Bertz CT molecular complexity index is 827. The van der Waals surface area contributed by atoms with Gasteiger partial charge >= 0.3 is 5.97 Å². The molecule has 0 bridgehead atoms. The summed E-state index contributed by atoms with van der Waals surface area (Å²) in [6.07, 6.45) is 1.18. The minimum atomic E-state index is -0.925. The lowest BCUT2D eigenvalue weighted by atomic mass is 9.67. The number of hydrogen-bond donors (Lipinski definition) is 1. The molecular formula is C20H23Cl2NO4. The van der Waals surface area contributed by atoms with Gasteiger partial charge in [-0.1, -0.05) is 44.0 Å². The lowest BCUT2D eigenvalue weighted by Crippen LogP contribution is -2.41. The highest BCUT2D eigenvalue weighted by atomic mass is 35.5. The number of aliphatic imine (C=N–C) groups is 1. The van der Waals surface area contributed by atoms with Crippen LogP contribution in [0.25, 0.3) is 0 Å². The molecule has 7 heteroatoms. The van der Waals surface area contributed by atoms with Gasteiger partial charge < -0.3 is 9.84 Å². The van der Waals surface area contributed by atoms with Gasteiger partial charge in [-0.2, -0.15) is 0 Å². The fourth-order valence-electron chi connectivity index (χ4n) is 3.29. The number of aliphatic hydroxyl groups excluding tert-OH is 1. The molecule has 0 amide bonds. The molecular weight excluding hydrogens is 389 g/mol. The molecule has 1 N–H and O–H groups in total. The molecule has 0 aromatic heterocycles. The van der Waals surface area contributed by atoms with Crippen molar-refractivity contribution in [2.75, 3.05) is 7.11 Å². The Morgan fingerprint density at radius 3 is 2.52 bits per heavy atom. The lowest BCUT2D eigenvalue weighted by molar-refractivity contribution is -0.149. The first-order valence-electron chi connectivity index (χ1n) is 8.69. The van der Waals surface area contributed by atoms with E-state index in [0.29, 0.717) is 34.3 Å². The Kier molecular flexibility index (Phi) is 6.71. The molecule has 0 fully saturated rings. The van der Waals surface area contributed by atoms with Gasteiger partial charge in [-0.25, -0.2) is 0 Å². The van der Waals surface area contributed by atoms with E-state index in [0.717, 1.165) is 0 Å². The highest BCUT2D eigenvalue weighted by Gasteiger charge is 2.47. The molecule has 27 heavy (non-hydrogen) atoms. The van der Waals surface area contributed by atoms with Crippen molar-refractivity contribution in [2.24, 2.45) is 16.3 Å². The van der Waals surface area contributed by atoms with Crippen LogP contribution in [0.4, 0.5) is 5.69 Å². The van der Waals surface area contributed by atoms with E-state index in [1.165, 1.54) is 7.11 Å². The van der Waals surface area contributed by atoms with E-state index in [9.17, 15) is 14.7 Å². The van der Waals surface area contributed by atoms with E-state index in [2.05, 4.69) is 4.99 Å². The van der Waals surface area contributed by atoms with Crippen molar-refractivity contribution in [3.8, 4) is 0 Å². The highest BCUT2D eigenvalue weighted by Crippen LogP contribution is 2.43. The summed E-state index contributed by atoms with van der Waals surface area (Å²) < 4.78 is 4.85. The minimum Gasteiger partial charge on any atom is -0.511 e. The van der Waals surface area contributed by atoms with Crippen molar-refractivity contribution in [3.63, 3.8) is 0 Å². The van der Waals surface area contributed by atoms with Crippen molar-refractivity contribution in [3.05, 3.63) is 39.6 Å². The normalized spacial score (nSPS) is 20.7. The maximum atomic E-state index is 12.7. The summed E-state index contributed by atoms with van der Waals surface area (Å²) in [5.74, 6) is -2.03. The maximum Gasteiger partial charge on any atom is 0.316 e. The molecule has 1 aliphatic carbocycles. The number of carbonyl (C=O) groups excluding carboxylic acids is 2. The predicted molar refractivity (Wildman–Crippen MR) is 107 cm³/mol. The van der Waals surface area contributed by atoms with Crippen molar-refractivity contribution in [1.29, 1.82) is 0 Å². The van der Waals surface area contributed by atoms with Crippen LogP contribution in [0.3, 0.4) is 0 Å². The SMILES string of the molecule is CCCC(=O)C1=C(O)C(C(=O)OC)C(C)(C)CC1=Nc1ccc(Cl)c(Cl)c1. The number of Topliss-reactive ketones (excluding diaryl/α,β-unsaturated/α-hetero) is 1. The fourth-order valence-corrected chi connectivity index (χ4v) is 3.59. The third kappa shape index (κ3) is 4.53. The van der Waals surface area contributed by atoms with Gasteiger partial charge in [0.15, 0.2) is 5.78 Å². The fraction of sp³-hybridized carbons (Fsp3) is 0.450. The number of esters is 1. The molecule has 0 heterocycles. The van der Waals surface area contributed by atoms with Gasteiger partial charge in [0.2, 0.25) is 0 Å². The van der Waals surface area contributed by atoms with E-state index in [1.807, 2.05) is 20.8 Å². The number of halogens is 2. The second-order valence-corrected chi connectivity index (χ2v) is 8.03. The number of allylic oxidation sites excluding steroid dienone is 1. The number of methoxy groups -OCH3 is 1. The largest absolute Gasteiger partial charge is 0.511 e. The number of hydrogen-bond acceptors (Lipinski definition) is 5. The molecule has 1 aliphatic rings. The summed E-state index contributed by atoms with van der Waals surface area (Å²) in [6, 6.07) is 4.89. The number of ether oxygens (including phenoxy) is 1. The molecule has 1 aromatic carbocycles. The van der Waals surface area contributed by atoms with Crippen LogP contribution in [-0.4, -0.2) is 29.7 Å². The van der Waals surface area contributed by atoms with Gasteiger partial charge in [-0.15, -0.1) is 0 Å². The number of carbonyl (C=O) groups is 2. The molecule has 5 nitrogen and oxygen atoms in total. The van der Waals surface area contributed by atoms with Crippen LogP contribution in [0.5, 0.6) is 0 Å². The van der Waals surface area contributed by atoms with Crippen molar-refractivity contribution in [2.45, 2.75) is 40.0 Å². The van der Waals surface area contributed by atoms with Crippen LogP contribution in [0, 0.1) is 11.3 Å². The summed E-state index contributed by atoms with van der Waals surface area (Å²) in [6.45, 7) is 5.53. The summed E-state index contributed by atoms with van der Waals surface area (Å²) in [7, 11) is 1.26. The number of aliphatic hydroxyl groups is 1. The summed E-state index contributed by atoms with van der Waals surface area (Å²) in [5.41, 5.74) is 0.357. The van der Waals surface area contributed by atoms with Gasteiger partial charge in [0.1, 0.15) is 11.7 Å². The smallest absolute Gasteiger partial charge is 0.316 e. The van der Waals surface area contributed by atoms with Crippen molar-refractivity contribution in [1.82, 2.24) is 0 Å². The van der Waals surface area contributed by atoms with E-state index >= 15 is 0 Å². The maximum absolute atomic E-state index is 12.7. The topological polar surface area (TPSA) is 76.0 Å². The third-order valence-corrected chi connectivity index (χ3v) is 5.32. The molecule has 1 aromatic rings. The van der Waals surface area contributed by atoms with Crippen LogP contribution >= 0.6 is 23.2 Å². The van der Waals surface area contributed by atoms with E-state index in [-0.39, 0.29) is 23.5 Å². The number of benzene rings is 1. The monoisotopic (exact) mass is 411 g/mol. The molecule has 0 radical (unpaired) electrons. The number of nitrogens with zero attached hydrogens (tertiary/aromatic N) is 1. The van der Waals surface area contributed by atoms with Gasteiger partial charge in [0.05, 0.1) is 34.1 Å². The molecule has 146 valence electrons. The number of rotatable bonds is 5. The quantitative estimate of drug-likeness (QED) is 0.651. The number of ketones is 1. The summed E-state index contributed by atoms with van der Waals surface area (Å²) in [5, 5.41) is 11.6. The zero-order chi connectivity index (χ0) is 20.4. The van der Waals surface area contributed by atoms with Gasteiger partial charge in [-0.3, -0.25) is 14.6 Å². The molecule has 0 spiro atoms. The van der Waals surface area contributed by atoms with Gasteiger partial charge in [-0.05, 0) is 36.5 Å². The van der Waals surface area contributed by atoms with Crippen LogP contribution in [0.2, 0.25) is 10.0 Å². The average Bonchev–Trinajstić information content (AvgIpc) is 2.57. The lowest BCUT2D eigenvalue weighted by Gasteiger charge is -2.37. The third-order valence-electron chi connectivity index (χ3n) is 4.58. The van der Waals surface area contributed by atoms with Crippen LogP contribution in [-0.2, 0) is 14.3 Å². The van der Waals surface area contributed by atoms with Crippen molar-refractivity contribution < 1.29 is 19.4 Å². The standard InChI is InChI=1S/C20H23Cl2NO4/c1-5-6-15(24)16-14(23-11-7-8-12(21)13(22)9-11)10-20(2,3)17(18(16)25)19(26)27-4/h7-9,17,25H,5-6,10H2,1-4H3. The zero-order valence-electron chi connectivity index (χ0n) is 15.8. The van der Waals surface area contributed by atoms with Gasteiger partial charge in [0.25, 0.3) is 0 Å². The Labute approximate surface area is 169 Å². The summed E-state index contributed by atoms with van der Waals surface area (Å²) in [4.78, 5) is 29.5. The van der Waals surface area contributed by atoms with E-state index < -0.39 is 17.3 Å². The van der Waals surface area contributed by atoms with Crippen LogP contribution in [0.1, 0.15) is 40.0 Å². The second-order valence-electron chi connectivity index (χ2n) is 7.21.